The maximum atomic E-state index is 12.3. The lowest BCUT2D eigenvalue weighted by Crippen LogP contribution is -2.48. The smallest absolute Gasteiger partial charge is 0.257 e. The van der Waals surface area contributed by atoms with Crippen molar-refractivity contribution in [3.63, 3.8) is 0 Å². The predicted molar refractivity (Wildman–Crippen MR) is 123 cm³/mol. The second kappa shape index (κ2) is 9.84. The number of carbonyl (C=O) groups excluding carboxylic acids is 2. The van der Waals surface area contributed by atoms with E-state index < -0.39 is 0 Å². The van der Waals surface area contributed by atoms with Gasteiger partial charge < -0.3 is 15.1 Å². The van der Waals surface area contributed by atoms with Crippen molar-refractivity contribution in [1.29, 1.82) is 0 Å². The van der Waals surface area contributed by atoms with Crippen LogP contribution in [0.5, 0.6) is 0 Å². The lowest BCUT2D eigenvalue weighted by Gasteiger charge is -2.36. The van der Waals surface area contributed by atoms with Crippen molar-refractivity contribution in [3.05, 3.63) is 58.6 Å². The second-order valence-electron chi connectivity index (χ2n) is 6.69. The first-order chi connectivity index (χ1) is 14.0. The number of piperazine rings is 1. The second-order valence-corrected chi connectivity index (χ2v) is 8.01. The van der Waals surface area contributed by atoms with Crippen LogP contribution < -0.4 is 15.5 Å². The van der Waals surface area contributed by atoms with Crippen molar-refractivity contribution >= 4 is 56.4 Å². The van der Waals surface area contributed by atoms with Crippen LogP contribution in [0.3, 0.4) is 0 Å². The third kappa shape index (κ3) is 5.77. The fraction of sp³-hybridized carbons (Fsp3) is 0.286. The lowest BCUT2D eigenvalue weighted by atomic mass is 10.2. The van der Waals surface area contributed by atoms with Gasteiger partial charge in [0.1, 0.15) is 0 Å². The predicted octanol–water partition coefficient (Wildman–Crippen LogP) is 3.63. The molecule has 0 bridgehead atoms. The van der Waals surface area contributed by atoms with Crippen LogP contribution in [0.25, 0.3) is 0 Å². The Morgan fingerprint density at radius 1 is 1.07 bits per heavy atom. The van der Waals surface area contributed by atoms with Crippen molar-refractivity contribution in [2.45, 2.75) is 13.3 Å². The first-order valence-electron chi connectivity index (χ1n) is 9.47. The van der Waals surface area contributed by atoms with Gasteiger partial charge in [-0.05, 0) is 54.7 Å². The van der Waals surface area contributed by atoms with Gasteiger partial charge in [0.15, 0.2) is 5.11 Å². The highest BCUT2D eigenvalue weighted by atomic mass is 79.9. The van der Waals surface area contributed by atoms with E-state index in [4.69, 9.17) is 12.2 Å². The summed E-state index contributed by atoms with van der Waals surface area (Å²) in [5, 5.41) is 5.96. The highest BCUT2D eigenvalue weighted by molar-refractivity contribution is 9.10. The summed E-state index contributed by atoms with van der Waals surface area (Å²) in [5.41, 5.74) is 2.43. The maximum absolute atomic E-state index is 12.3. The molecule has 29 heavy (non-hydrogen) atoms. The normalized spacial score (nSPS) is 13.7. The van der Waals surface area contributed by atoms with E-state index in [0.717, 1.165) is 42.0 Å². The Labute approximate surface area is 184 Å². The Kier molecular flexibility index (Phi) is 7.22. The van der Waals surface area contributed by atoms with Gasteiger partial charge in [-0.25, -0.2) is 0 Å². The number of nitrogens with zero attached hydrogens (tertiary/aromatic N) is 2. The Morgan fingerprint density at radius 2 is 1.76 bits per heavy atom. The monoisotopic (exact) mass is 474 g/mol. The maximum Gasteiger partial charge on any atom is 0.257 e. The number of rotatable bonds is 4. The van der Waals surface area contributed by atoms with E-state index in [1.54, 1.807) is 18.2 Å². The van der Waals surface area contributed by atoms with Crippen molar-refractivity contribution in [3.8, 4) is 0 Å². The molecule has 6 nitrogen and oxygen atoms in total. The van der Waals surface area contributed by atoms with Gasteiger partial charge in [-0.1, -0.05) is 28.9 Å². The summed E-state index contributed by atoms with van der Waals surface area (Å²) in [5.74, 6) is -0.0532. The Morgan fingerprint density at radius 3 is 2.38 bits per heavy atom. The third-order valence-corrected chi connectivity index (χ3v) is 5.44. The molecule has 2 amide bonds. The summed E-state index contributed by atoms with van der Waals surface area (Å²) in [6.07, 6.45) is 0.554. The van der Waals surface area contributed by atoms with E-state index >= 15 is 0 Å². The van der Waals surface area contributed by atoms with Crippen LogP contribution in [0.15, 0.2) is 53.0 Å². The van der Waals surface area contributed by atoms with E-state index in [2.05, 4.69) is 31.5 Å². The van der Waals surface area contributed by atoms with Gasteiger partial charge >= 0.3 is 0 Å². The molecular formula is C21H23BrN4O2S. The van der Waals surface area contributed by atoms with Gasteiger partial charge in [-0.2, -0.15) is 0 Å². The van der Waals surface area contributed by atoms with E-state index in [-0.39, 0.29) is 16.9 Å². The van der Waals surface area contributed by atoms with Crippen LogP contribution in [-0.4, -0.2) is 48.0 Å². The van der Waals surface area contributed by atoms with Gasteiger partial charge in [0.05, 0.1) is 0 Å². The number of anilines is 2. The van der Waals surface area contributed by atoms with Gasteiger partial charge in [-0.3, -0.25) is 14.9 Å². The van der Waals surface area contributed by atoms with Crippen molar-refractivity contribution < 1.29 is 9.59 Å². The Bertz CT molecular complexity index is 896. The number of halogens is 1. The van der Waals surface area contributed by atoms with Crippen LogP contribution in [-0.2, 0) is 4.79 Å². The minimum absolute atomic E-state index is 0.211. The molecule has 2 N–H and O–H groups in total. The zero-order valence-corrected chi connectivity index (χ0v) is 18.6. The van der Waals surface area contributed by atoms with E-state index in [1.165, 1.54) is 0 Å². The van der Waals surface area contributed by atoms with Crippen molar-refractivity contribution in [1.82, 2.24) is 10.2 Å². The number of amides is 2. The van der Waals surface area contributed by atoms with Gasteiger partial charge in [0, 0.05) is 54.0 Å². The quantitative estimate of drug-likeness (QED) is 0.662. The molecule has 1 heterocycles. The molecule has 2 aromatic carbocycles. The number of nitrogens with one attached hydrogen (secondary N) is 2. The number of benzene rings is 2. The SMILES string of the molecule is CCC(=O)N1CCN(c2ccc(NC(=S)NC(=O)c3cccc(Br)c3)cc2)CC1. The van der Waals surface area contributed by atoms with E-state index in [1.807, 2.05) is 42.2 Å². The fourth-order valence-corrected chi connectivity index (χ4v) is 3.77. The van der Waals surface area contributed by atoms with Crippen LogP contribution >= 0.6 is 28.1 Å². The molecule has 0 spiro atoms. The molecule has 0 saturated carbocycles. The van der Waals surface area contributed by atoms with Crippen LogP contribution in [0, 0.1) is 0 Å². The minimum atomic E-state index is -0.264. The molecule has 1 aliphatic rings. The summed E-state index contributed by atoms with van der Waals surface area (Å²) < 4.78 is 0.833. The number of carbonyl (C=O) groups is 2. The lowest BCUT2D eigenvalue weighted by molar-refractivity contribution is -0.131. The minimum Gasteiger partial charge on any atom is -0.368 e. The molecule has 8 heteroatoms. The molecule has 152 valence electrons. The van der Waals surface area contributed by atoms with Gasteiger partial charge in [-0.15, -0.1) is 0 Å². The summed E-state index contributed by atoms with van der Waals surface area (Å²) >= 11 is 8.60. The number of hydrogen-bond donors (Lipinski definition) is 2. The summed E-state index contributed by atoms with van der Waals surface area (Å²) in [4.78, 5) is 28.2. The molecule has 3 rings (SSSR count). The molecule has 1 fully saturated rings. The molecule has 1 saturated heterocycles. The zero-order valence-electron chi connectivity index (χ0n) is 16.2. The topological polar surface area (TPSA) is 64.7 Å². The largest absolute Gasteiger partial charge is 0.368 e. The average molecular weight is 475 g/mol. The van der Waals surface area contributed by atoms with E-state index in [0.29, 0.717) is 12.0 Å². The molecule has 0 aromatic heterocycles. The van der Waals surface area contributed by atoms with Crippen LogP contribution in [0.4, 0.5) is 11.4 Å². The molecule has 0 radical (unpaired) electrons. The Balaban J connectivity index is 1.52. The molecule has 0 atom stereocenters. The average Bonchev–Trinajstić information content (AvgIpc) is 2.73. The molecule has 0 unspecified atom stereocenters. The zero-order chi connectivity index (χ0) is 20.8. The van der Waals surface area contributed by atoms with Gasteiger partial charge in [0.2, 0.25) is 5.91 Å². The number of hydrogen-bond acceptors (Lipinski definition) is 4. The summed E-state index contributed by atoms with van der Waals surface area (Å²) in [6, 6.07) is 15.0. The van der Waals surface area contributed by atoms with Gasteiger partial charge in [0.25, 0.3) is 5.91 Å². The van der Waals surface area contributed by atoms with Crippen molar-refractivity contribution in [2.75, 3.05) is 36.4 Å². The first kappa shape index (κ1) is 21.3. The summed E-state index contributed by atoms with van der Waals surface area (Å²) in [7, 11) is 0. The first-order valence-corrected chi connectivity index (χ1v) is 10.7. The van der Waals surface area contributed by atoms with Crippen LogP contribution in [0.1, 0.15) is 23.7 Å². The molecule has 2 aromatic rings. The van der Waals surface area contributed by atoms with E-state index in [9.17, 15) is 9.59 Å². The highest BCUT2D eigenvalue weighted by Gasteiger charge is 2.20. The standard InChI is InChI=1S/C21H23BrN4O2S/c1-2-19(27)26-12-10-25(11-13-26)18-8-6-17(7-9-18)23-21(29)24-20(28)15-4-3-5-16(22)14-15/h3-9,14H,2,10-13H2,1H3,(H2,23,24,28,29). The third-order valence-electron chi connectivity index (χ3n) is 4.74. The van der Waals surface area contributed by atoms with Crippen molar-refractivity contribution in [2.24, 2.45) is 0 Å². The Hall–Kier alpha value is -2.45. The molecule has 1 aliphatic heterocycles. The fourth-order valence-electron chi connectivity index (χ4n) is 3.16. The van der Waals surface area contributed by atoms with Crippen LogP contribution in [0.2, 0.25) is 0 Å². The molecule has 0 aliphatic carbocycles. The summed E-state index contributed by atoms with van der Waals surface area (Å²) in [6.45, 7) is 5.03. The highest BCUT2D eigenvalue weighted by Crippen LogP contribution is 2.20. The molecular weight excluding hydrogens is 452 g/mol. The number of thiocarbonyl (C=S) groups is 1.